The Morgan fingerprint density at radius 2 is 1.55 bits per heavy atom. The molecular weight excluding hydrogens is 283 g/mol. The van der Waals surface area contributed by atoms with E-state index in [9.17, 15) is 9.59 Å². The molecule has 1 aromatic carbocycles. The van der Waals surface area contributed by atoms with Crippen molar-refractivity contribution in [1.82, 2.24) is 0 Å². The van der Waals surface area contributed by atoms with Crippen molar-refractivity contribution in [3.8, 4) is 0 Å². The number of Topliss-reactive ketones (excluding diaryl/α,β-unsaturated/α-hetero) is 1. The van der Waals surface area contributed by atoms with E-state index in [4.69, 9.17) is 14.0 Å². The lowest BCUT2D eigenvalue weighted by Gasteiger charge is -2.32. The first-order valence-corrected chi connectivity index (χ1v) is 7.35. The molecule has 2 rings (SSSR count). The van der Waals surface area contributed by atoms with Crippen molar-refractivity contribution in [2.24, 2.45) is 0 Å². The molecule has 22 heavy (non-hydrogen) atoms. The van der Waals surface area contributed by atoms with Crippen LogP contribution < -0.4 is 5.46 Å². The van der Waals surface area contributed by atoms with Gasteiger partial charge in [0.05, 0.1) is 17.8 Å². The molecule has 0 saturated carbocycles. The molecule has 0 amide bonds. The summed E-state index contributed by atoms with van der Waals surface area (Å²) in [6, 6.07) is 6.63. The van der Waals surface area contributed by atoms with Gasteiger partial charge in [-0.1, -0.05) is 24.3 Å². The number of hydrogen-bond acceptors (Lipinski definition) is 5. The highest BCUT2D eigenvalue weighted by molar-refractivity contribution is 6.62. The van der Waals surface area contributed by atoms with E-state index < -0.39 is 30.1 Å². The van der Waals surface area contributed by atoms with Gasteiger partial charge in [-0.25, -0.2) is 4.79 Å². The molecule has 1 aliphatic rings. The van der Waals surface area contributed by atoms with Gasteiger partial charge < -0.3 is 14.0 Å². The van der Waals surface area contributed by atoms with Crippen molar-refractivity contribution in [3.63, 3.8) is 0 Å². The molecule has 5 nitrogen and oxygen atoms in total. The van der Waals surface area contributed by atoms with Crippen molar-refractivity contribution in [1.29, 1.82) is 0 Å². The quantitative estimate of drug-likeness (QED) is 0.367. The van der Waals surface area contributed by atoms with Crippen molar-refractivity contribution < 1.29 is 23.6 Å². The summed E-state index contributed by atoms with van der Waals surface area (Å²) < 4.78 is 16.6. The highest BCUT2D eigenvalue weighted by Crippen LogP contribution is 2.36. The predicted octanol–water partition coefficient (Wildman–Crippen LogP) is 1.73. The second-order valence-electron chi connectivity index (χ2n) is 6.26. The Hall–Kier alpha value is -1.66. The third-order valence-corrected chi connectivity index (χ3v) is 4.16. The van der Waals surface area contributed by atoms with Crippen molar-refractivity contribution in [3.05, 3.63) is 29.8 Å². The Labute approximate surface area is 131 Å². The lowest BCUT2D eigenvalue weighted by molar-refractivity contribution is -0.137. The second kappa shape index (κ2) is 5.86. The molecule has 0 aromatic heterocycles. The lowest BCUT2D eigenvalue weighted by atomic mass is 9.78. The lowest BCUT2D eigenvalue weighted by Crippen LogP contribution is -2.41. The summed E-state index contributed by atoms with van der Waals surface area (Å²) in [4.78, 5) is 23.3. The maximum absolute atomic E-state index is 11.8. The second-order valence-corrected chi connectivity index (χ2v) is 6.26. The van der Waals surface area contributed by atoms with Gasteiger partial charge in [0, 0.05) is 5.56 Å². The van der Waals surface area contributed by atoms with Crippen LogP contribution in [0.4, 0.5) is 0 Å². The van der Waals surface area contributed by atoms with Crippen molar-refractivity contribution in [2.45, 2.75) is 45.8 Å². The zero-order chi connectivity index (χ0) is 16.5. The molecular formula is C16H21BO5. The number of ether oxygens (including phenoxy) is 1. The molecule has 0 N–H and O–H groups in total. The molecule has 6 heteroatoms. The van der Waals surface area contributed by atoms with Crippen LogP contribution in [0, 0.1) is 0 Å². The zero-order valence-electron chi connectivity index (χ0n) is 13.6. The first-order chi connectivity index (χ1) is 10.2. The van der Waals surface area contributed by atoms with E-state index >= 15 is 0 Å². The molecule has 0 aliphatic carbocycles. The van der Waals surface area contributed by atoms with E-state index in [-0.39, 0.29) is 6.61 Å². The summed E-state index contributed by atoms with van der Waals surface area (Å²) in [7, 11) is -0.489. The largest absolute Gasteiger partial charge is 0.494 e. The molecule has 0 spiro atoms. The summed E-state index contributed by atoms with van der Waals surface area (Å²) in [5, 5.41) is 0. The fraction of sp³-hybridized carbons (Fsp3) is 0.500. The Morgan fingerprint density at radius 1 is 1.05 bits per heavy atom. The number of rotatable bonds is 4. The van der Waals surface area contributed by atoms with Crippen LogP contribution in [-0.4, -0.2) is 36.7 Å². The van der Waals surface area contributed by atoms with Crippen LogP contribution >= 0.6 is 0 Å². The van der Waals surface area contributed by atoms with Crippen molar-refractivity contribution >= 4 is 24.3 Å². The van der Waals surface area contributed by atoms with Crippen LogP contribution in [0.1, 0.15) is 45.0 Å². The van der Waals surface area contributed by atoms with Gasteiger partial charge in [-0.2, -0.15) is 0 Å². The van der Waals surface area contributed by atoms with Crippen LogP contribution in [0.15, 0.2) is 24.3 Å². The molecule has 1 heterocycles. The van der Waals surface area contributed by atoms with Gasteiger partial charge in [-0.05, 0) is 40.1 Å². The summed E-state index contributed by atoms with van der Waals surface area (Å²) in [5.41, 5.74) is 0.256. The van der Waals surface area contributed by atoms with Gasteiger partial charge in [-0.15, -0.1) is 0 Å². The van der Waals surface area contributed by atoms with Gasteiger partial charge in [0.2, 0.25) is 0 Å². The SMILES string of the molecule is CCOC(=O)C(=O)c1ccc(B2OC(C)(C)C(C)(C)O2)cc1. The molecule has 0 bridgehead atoms. The average Bonchev–Trinajstić information content (AvgIpc) is 2.67. The molecule has 1 aromatic rings. The molecule has 1 saturated heterocycles. The highest BCUT2D eigenvalue weighted by Gasteiger charge is 2.51. The standard InChI is InChI=1S/C16H21BO5/c1-6-20-14(19)13(18)11-7-9-12(10-8-11)17-21-15(2,3)16(4,5)22-17/h7-10H,6H2,1-5H3. The predicted molar refractivity (Wildman–Crippen MR) is 83.1 cm³/mol. The number of ketones is 1. The Balaban J connectivity index is 2.14. The summed E-state index contributed by atoms with van der Waals surface area (Å²) in [5.74, 6) is -1.49. The number of carbonyl (C=O) groups is 2. The van der Waals surface area contributed by atoms with Crippen LogP contribution in [0.3, 0.4) is 0 Å². The van der Waals surface area contributed by atoms with Crippen LogP contribution in [-0.2, 0) is 18.8 Å². The van der Waals surface area contributed by atoms with E-state index in [0.717, 1.165) is 5.46 Å². The first-order valence-electron chi connectivity index (χ1n) is 7.35. The van der Waals surface area contributed by atoms with E-state index in [0.29, 0.717) is 5.56 Å². The Kier molecular flexibility index (Phi) is 4.45. The minimum atomic E-state index is -0.842. The maximum Gasteiger partial charge on any atom is 0.494 e. The van der Waals surface area contributed by atoms with Gasteiger partial charge in [0.15, 0.2) is 0 Å². The third kappa shape index (κ3) is 3.08. The smallest absolute Gasteiger partial charge is 0.460 e. The minimum Gasteiger partial charge on any atom is -0.460 e. The van der Waals surface area contributed by atoms with Crippen LogP contribution in [0.25, 0.3) is 0 Å². The highest BCUT2D eigenvalue weighted by atomic mass is 16.7. The van der Waals surface area contributed by atoms with Crippen LogP contribution in [0.2, 0.25) is 0 Å². The van der Waals surface area contributed by atoms with Gasteiger partial charge >= 0.3 is 13.1 Å². The number of hydrogen-bond donors (Lipinski definition) is 0. The fourth-order valence-electron chi connectivity index (χ4n) is 2.09. The topological polar surface area (TPSA) is 61.8 Å². The van der Waals surface area contributed by atoms with Gasteiger partial charge in [-0.3, -0.25) is 4.79 Å². The molecule has 1 aliphatic heterocycles. The fourth-order valence-corrected chi connectivity index (χ4v) is 2.09. The molecule has 0 radical (unpaired) electrons. The molecule has 0 atom stereocenters. The Bertz CT molecular complexity index is 561. The van der Waals surface area contributed by atoms with Crippen molar-refractivity contribution in [2.75, 3.05) is 6.61 Å². The zero-order valence-corrected chi connectivity index (χ0v) is 13.6. The number of carbonyl (C=O) groups excluding carboxylic acids is 2. The maximum atomic E-state index is 11.8. The molecule has 0 unspecified atom stereocenters. The summed E-state index contributed by atoms with van der Waals surface area (Å²) in [6.45, 7) is 9.75. The third-order valence-electron chi connectivity index (χ3n) is 4.16. The molecule has 118 valence electrons. The number of benzene rings is 1. The van der Waals surface area contributed by atoms with E-state index in [1.807, 2.05) is 27.7 Å². The molecule has 1 fully saturated rings. The summed E-state index contributed by atoms with van der Waals surface area (Å²) in [6.07, 6.45) is 0. The monoisotopic (exact) mass is 304 g/mol. The first kappa shape index (κ1) is 16.7. The number of esters is 1. The van der Waals surface area contributed by atoms with E-state index in [2.05, 4.69) is 0 Å². The van der Waals surface area contributed by atoms with Crippen LogP contribution in [0.5, 0.6) is 0 Å². The van der Waals surface area contributed by atoms with Gasteiger partial charge in [0.25, 0.3) is 5.78 Å². The van der Waals surface area contributed by atoms with Gasteiger partial charge in [0.1, 0.15) is 0 Å². The average molecular weight is 304 g/mol. The normalized spacial score (nSPS) is 19.0. The minimum absolute atomic E-state index is 0.177. The Morgan fingerprint density at radius 3 is 2.00 bits per heavy atom. The summed E-state index contributed by atoms with van der Waals surface area (Å²) >= 11 is 0. The van der Waals surface area contributed by atoms with E-state index in [1.54, 1.807) is 31.2 Å². The van der Waals surface area contributed by atoms with E-state index in [1.165, 1.54) is 0 Å².